The monoisotopic (exact) mass is 325 g/mol. The van der Waals surface area contributed by atoms with Gasteiger partial charge < -0.3 is 10.5 Å². The van der Waals surface area contributed by atoms with Gasteiger partial charge in [-0.05, 0) is 35.4 Å². The Morgan fingerprint density at radius 3 is 2.62 bits per heavy atom. The maximum absolute atomic E-state index is 13.6. The summed E-state index contributed by atoms with van der Waals surface area (Å²) in [6.07, 6.45) is 3.50. The van der Waals surface area contributed by atoms with Crippen molar-refractivity contribution in [3.63, 3.8) is 0 Å². The topological polar surface area (TPSA) is 70.1 Å². The largest absolute Gasteiger partial charge is 0.497 e. The lowest BCUT2D eigenvalue weighted by Gasteiger charge is -2.04. The molecule has 1 aromatic heterocycles. The summed E-state index contributed by atoms with van der Waals surface area (Å²) in [5.41, 5.74) is 7.59. The van der Waals surface area contributed by atoms with E-state index in [0.29, 0.717) is 12.1 Å². The van der Waals surface area contributed by atoms with Gasteiger partial charge in [0.25, 0.3) is 5.91 Å². The zero-order chi connectivity index (χ0) is 17.1. The Kier molecular flexibility index (Phi) is 4.29. The van der Waals surface area contributed by atoms with Crippen LogP contribution in [0.5, 0.6) is 5.75 Å². The highest BCUT2D eigenvalue weighted by Gasteiger charge is 2.11. The average Bonchev–Trinajstić information content (AvgIpc) is 3.04. The molecule has 1 amide bonds. The first kappa shape index (κ1) is 15.7. The number of primary amides is 1. The van der Waals surface area contributed by atoms with E-state index < -0.39 is 11.7 Å². The first-order chi connectivity index (χ1) is 11.6. The third-order valence-corrected chi connectivity index (χ3v) is 3.70. The second-order valence-electron chi connectivity index (χ2n) is 5.33. The molecule has 1 heterocycles. The van der Waals surface area contributed by atoms with Crippen molar-refractivity contribution in [1.29, 1.82) is 0 Å². The normalized spacial score (nSPS) is 10.6. The Labute approximate surface area is 138 Å². The number of nitrogens with two attached hydrogens (primary N) is 1. The number of ether oxygens (including phenoxy) is 1. The van der Waals surface area contributed by atoms with Crippen molar-refractivity contribution in [2.45, 2.75) is 6.54 Å². The number of rotatable bonds is 5. The smallest absolute Gasteiger partial charge is 0.251 e. The maximum atomic E-state index is 13.6. The van der Waals surface area contributed by atoms with Gasteiger partial charge in [0.15, 0.2) is 0 Å². The third kappa shape index (κ3) is 3.27. The van der Waals surface area contributed by atoms with Gasteiger partial charge in [0, 0.05) is 11.8 Å². The lowest BCUT2D eigenvalue weighted by Crippen LogP contribution is -2.13. The van der Waals surface area contributed by atoms with Gasteiger partial charge >= 0.3 is 0 Å². The fourth-order valence-corrected chi connectivity index (χ4v) is 2.41. The molecule has 5 nitrogen and oxygen atoms in total. The summed E-state index contributed by atoms with van der Waals surface area (Å²) in [5.74, 6) is -0.623. The van der Waals surface area contributed by atoms with E-state index in [1.165, 1.54) is 12.1 Å². The number of aromatic nitrogens is 2. The minimum atomic E-state index is -0.792. The van der Waals surface area contributed by atoms with Gasteiger partial charge in [0.05, 0.1) is 25.4 Å². The van der Waals surface area contributed by atoms with E-state index in [-0.39, 0.29) is 5.56 Å². The molecule has 3 aromatic rings. The number of methoxy groups -OCH3 is 1. The predicted molar refractivity (Wildman–Crippen MR) is 88.2 cm³/mol. The zero-order valence-corrected chi connectivity index (χ0v) is 13.1. The molecule has 0 aliphatic rings. The lowest BCUT2D eigenvalue weighted by atomic mass is 10.1. The van der Waals surface area contributed by atoms with Gasteiger partial charge in [-0.1, -0.05) is 18.2 Å². The van der Waals surface area contributed by atoms with Crippen LogP contribution in [0.4, 0.5) is 4.39 Å². The molecular weight excluding hydrogens is 309 g/mol. The summed E-state index contributed by atoms with van der Waals surface area (Å²) >= 11 is 0. The van der Waals surface area contributed by atoms with Crippen LogP contribution >= 0.6 is 0 Å². The SMILES string of the molecule is COc1ccc(Cn2cc(-c3ccc(F)c(C(N)=O)c3)cn2)cc1. The van der Waals surface area contributed by atoms with Gasteiger partial charge in [-0.3, -0.25) is 9.48 Å². The summed E-state index contributed by atoms with van der Waals surface area (Å²) in [4.78, 5) is 11.3. The Morgan fingerprint density at radius 1 is 1.21 bits per heavy atom. The molecule has 122 valence electrons. The highest BCUT2D eigenvalue weighted by atomic mass is 19.1. The van der Waals surface area contributed by atoms with Crippen LogP contribution in [0.3, 0.4) is 0 Å². The molecule has 0 atom stereocenters. The standard InChI is InChI=1S/C18H16FN3O2/c1-24-15-5-2-12(3-6-15)10-22-11-14(9-21-22)13-4-7-17(19)16(8-13)18(20)23/h2-9,11H,10H2,1H3,(H2,20,23). The molecule has 6 heteroatoms. The van der Waals surface area contributed by atoms with Crippen molar-refractivity contribution in [1.82, 2.24) is 9.78 Å². The van der Waals surface area contributed by atoms with E-state index in [1.807, 2.05) is 30.5 Å². The fourth-order valence-electron chi connectivity index (χ4n) is 2.41. The van der Waals surface area contributed by atoms with Crippen LogP contribution in [0.1, 0.15) is 15.9 Å². The van der Waals surface area contributed by atoms with Crippen LogP contribution in [-0.4, -0.2) is 22.8 Å². The molecule has 24 heavy (non-hydrogen) atoms. The number of hydrogen-bond acceptors (Lipinski definition) is 3. The van der Waals surface area contributed by atoms with E-state index in [2.05, 4.69) is 5.10 Å². The van der Waals surface area contributed by atoms with Gasteiger partial charge in [0.1, 0.15) is 11.6 Å². The van der Waals surface area contributed by atoms with E-state index in [9.17, 15) is 9.18 Å². The number of amides is 1. The van der Waals surface area contributed by atoms with Crippen molar-refractivity contribution < 1.29 is 13.9 Å². The molecular formula is C18H16FN3O2. The summed E-state index contributed by atoms with van der Waals surface area (Å²) in [5, 5.41) is 4.30. The second kappa shape index (κ2) is 6.54. The number of hydrogen-bond donors (Lipinski definition) is 1. The van der Waals surface area contributed by atoms with Crippen molar-refractivity contribution in [2.24, 2.45) is 5.73 Å². The molecule has 0 aliphatic heterocycles. The quantitative estimate of drug-likeness (QED) is 0.784. The summed E-state index contributed by atoms with van der Waals surface area (Å²) in [7, 11) is 1.62. The molecule has 2 N–H and O–H groups in total. The Bertz CT molecular complexity index is 872. The summed E-state index contributed by atoms with van der Waals surface area (Å²) in [6, 6.07) is 12.0. The van der Waals surface area contributed by atoms with Crippen LogP contribution in [-0.2, 0) is 6.54 Å². The molecule has 0 saturated heterocycles. The van der Waals surface area contributed by atoms with Gasteiger partial charge in [-0.2, -0.15) is 5.10 Å². The van der Waals surface area contributed by atoms with Gasteiger partial charge in [-0.15, -0.1) is 0 Å². The zero-order valence-electron chi connectivity index (χ0n) is 13.1. The molecule has 0 bridgehead atoms. The molecule has 0 saturated carbocycles. The van der Waals surface area contributed by atoms with Crippen molar-refractivity contribution in [3.8, 4) is 16.9 Å². The van der Waals surface area contributed by atoms with E-state index in [1.54, 1.807) is 24.1 Å². The van der Waals surface area contributed by atoms with Crippen molar-refractivity contribution in [3.05, 3.63) is 71.8 Å². The van der Waals surface area contributed by atoms with Crippen LogP contribution in [0.25, 0.3) is 11.1 Å². The minimum absolute atomic E-state index is 0.129. The van der Waals surface area contributed by atoms with Crippen molar-refractivity contribution >= 4 is 5.91 Å². The number of nitrogens with zero attached hydrogens (tertiary/aromatic N) is 2. The first-order valence-corrected chi connectivity index (χ1v) is 7.32. The molecule has 0 aliphatic carbocycles. The minimum Gasteiger partial charge on any atom is -0.497 e. The van der Waals surface area contributed by atoms with Gasteiger partial charge in [0.2, 0.25) is 0 Å². The van der Waals surface area contributed by atoms with Crippen LogP contribution in [0, 0.1) is 5.82 Å². The van der Waals surface area contributed by atoms with Crippen LogP contribution in [0.2, 0.25) is 0 Å². The van der Waals surface area contributed by atoms with Crippen molar-refractivity contribution in [2.75, 3.05) is 7.11 Å². The van der Waals surface area contributed by atoms with Crippen LogP contribution < -0.4 is 10.5 Å². The van der Waals surface area contributed by atoms with E-state index >= 15 is 0 Å². The van der Waals surface area contributed by atoms with Gasteiger partial charge in [-0.25, -0.2) is 4.39 Å². The second-order valence-corrected chi connectivity index (χ2v) is 5.33. The maximum Gasteiger partial charge on any atom is 0.251 e. The first-order valence-electron chi connectivity index (χ1n) is 7.32. The van der Waals surface area contributed by atoms with E-state index in [4.69, 9.17) is 10.5 Å². The number of benzene rings is 2. The van der Waals surface area contributed by atoms with Crippen LogP contribution in [0.15, 0.2) is 54.9 Å². The fraction of sp³-hybridized carbons (Fsp3) is 0.111. The molecule has 3 rings (SSSR count). The highest BCUT2D eigenvalue weighted by molar-refractivity contribution is 5.94. The molecule has 0 unspecified atom stereocenters. The molecule has 0 spiro atoms. The number of halogens is 1. The Morgan fingerprint density at radius 2 is 1.96 bits per heavy atom. The average molecular weight is 325 g/mol. The Hall–Kier alpha value is -3.15. The van der Waals surface area contributed by atoms with E-state index in [0.717, 1.165) is 16.9 Å². The number of carbonyl (C=O) groups excluding carboxylic acids is 1. The molecule has 2 aromatic carbocycles. The number of carbonyl (C=O) groups is 1. The molecule has 0 fully saturated rings. The lowest BCUT2D eigenvalue weighted by molar-refractivity contribution is 0.0996. The highest BCUT2D eigenvalue weighted by Crippen LogP contribution is 2.22. The summed E-state index contributed by atoms with van der Waals surface area (Å²) in [6.45, 7) is 0.591. The Balaban J connectivity index is 1.82. The predicted octanol–water partition coefficient (Wildman–Crippen LogP) is 2.85. The summed E-state index contributed by atoms with van der Waals surface area (Å²) < 4.78 is 20.5. The molecule has 0 radical (unpaired) electrons. The third-order valence-electron chi connectivity index (χ3n) is 3.70.